The molecular weight excluding hydrogens is 981 g/mol. The summed E-state index contributed by atoms with van der Waals surface area (Å²) in [6, 6.07) is 37.6. The van der Waals surface area contributed by atoms with Crippen molar-refractivity contribution < 1.29 is 14.3 Å². The zero-order valence-corrected chi connectivity index (χ0v) is 46.1. The Labute approximate surface area is 450 Å². The summed E-state index contributed by atoms with van der Waals surface area (Å²) >= 11 is 10.1. The summed E-state index contributed by atoms with van der Waals surface area (Å²) in [5.74, 6) is -0.00197. The fourth-order valence-electron chi connectivity index (χ4n) is 10.9. The van der Waals surface area contributed by atoms with Crippen LogP contribution in [0.5, 0.6) is 0 Å². The molecule has 4 heterocycles. The Bertz CT molecular complexity index is 2960. The van der Waals surface area contributed by atoms with Crippen molar-refractivity contribution >= 4 is 102 Å². The van der Waals surface area contributed by atoms with Gasteiger partial charge in [-0.05, 0) is 102 Å². The molecule has 8 nitrogen and oxygen atoms in total. The van der Waals surface area contributed by atoms with Crippen molar-refractivity contribution in [1.29, 1.82) is 0 Å². The van der Waals surface area contributed by atoms with Crippen molar-refractivity contribution in [3.63, 3.8) is 0 Å². The molecule has 2 unspecified atom stereocenters. The number of hydrogen-bond donors (Lipinski definition) is 0. The van der Waals surface area contributed by atoms with Crippen molar-refractivity contribution in [2.75, 3.05) is 31.1 Å². The maximum absolute atomic E-state index is 14.8. The number of unbranched alkanes of at least 4 members (excludes halogenated alkanes) is 10. The van der Waals surface area contributed by atoms with Gasteiger partial charge in [-0.25, -0.2) is 0 Å². The Morgan fingerprint density at radius 1 is 0.740 bits per heavy atom. The van der Waals surface area contributed by atoms with E-state index in [9.17, 15) is 14.4 Å². The van der Waals surface area contributed by atoms with E-state index < -0.39 is 0 Å². The molecule has 0 bridgehead atoms. The quantitative estimate of drug-likeness (QED) is 0.0292. The fourth-order valence-corrected chi connectivity index (χ4v) is 14.9. The zero-order valence-electron chi connectivity index (χ0n) is 42.8. The van der Waals surface area contributed by atoms with E-state index in [0.29, 0.717) is 50.0 Å². The summed E-state index contributed by atoms with van der Waals surface area (Å²) in [5.41, 5.74) is 9.59. The average molecular weight is 1050 g/mol. The second kappa shape index (κ2) is 25.4. The number of benzene rings is 4. The van der Waals surface area contributed by atoms with E-state index in [0.717, 1.165) is 72.4 Å². The Morgan fingerprint density at radius 2 is 1.38 bits per heavy atom. The lowest BCUT2D eigenvalue weighted by molar-refractivity contribution is -0.143. The predicted octanol–water partition coefficient (Wildman–Crippen LogP) is 13.7. The number of carbonyl (C=O) groups excluding carboxylic acids is 2. The third-order valence-electron chi connectivity index (χ3n) is 14.6. The van der Waals surface area contributed by atoms with Crippen molar-refractivity contribution in [3.05, 3.63) is 155 Å². The average Bonchev–Trinajstić information content (AvgIpc) is 4.23. The highest BCUT2D eigenvalue weighted by atomic mass is 32.2. The lowest BCUT2D eigenvalue weighted by Crippen LogP contribution is -2.36. The topological polar surface area (TPSA) is 75.1 Å². The van der Waals surface area contributed by atoms with Gasteiger partial charge < -0.3 is 14.5 Å². The van der Waals surface area contributed by atoms with Crippen molar-refractivity contribution in [3.8, 4) is 0 Å². The number of aromatic nitrogens is 1. The Kier molecular flexibility index (Phi) is 18.3. The van der Waals surface area contributed by atoms with Gasteiger partial charge in [-0.2, -0.15) is 0 Å². The summed E-state index contributed by atoms with van der Waals surface area (Å²) in [6.07, 6.45) is 21.3. The van der Waals surface area contributed by atoms with E-state index in [1.807, 2.05) is 16.4 Å². The summed E-state index contributed by atoms with van der Waals surface area (Å²) in [5, 5.41) is 0.737. The number of thiazole rings is 1. The minimum Gasteiger partial charge on any atom is -0.465 e. The van der Waals surface area contributed by atoms with Crippen molar-refractivity contribution in [2.24, 2.45) is 0 Å². The molecule has 3 fully saturated rings. The Hall–Kier alpha value is -5.14. The molecule has 4 aromatic carbocycles. The van der Waals surface area contributed by atoms with Gasteiger partial charge >= 0.3 is 5.97 Å². The summed E-state index contributed by atoms with van der Waals surface area (Å²) < 4.78 is 9.10. The standard InChI is InChI=1S/C61H70N4O4S4/c1-4-7-9-11-13-21-36-63-57(67)55(72-60(63)56-58(68)64(61(70)73-56)37-22-14-12-10-8-5-2)59-62(42-54(66)69-6-3)41-48(71-59)38-44-32-35-53-51(40-44)49-28-23-29-52(49)65(53)47-33-30-43(31-34-47)39-50(45-24-17-15-18-25-45)46-26-19-16-20-27-46/h15-20,24-27,30-35,38-40,49,52H,4-14,21-23,28-29,36-37,41-42H2,1-3H3/b48-38-,59-55-,60-56+. The first-order valence-electron chi connectivity index (χ1n) is 26.9. The van der Waals surface area contributed by atoms with Crippen LogP contribution in [0.1, 0.15) is 151 Å². The van der Waals surface area contributed by atoms with Crippen molar-refractivity contribution in [1.82, 2.24) is 14.4 Å². The highest BCUT2D eigenvalue weighted by molar-refractivity contribution is 8.30. The van der Waals surface area contributed by atoms with Crippen molar-refractivity contribution in [2.45, 2.75) is 136 Å². The first-order chi connectivity index (χ1) is 35.8. The number of fused-ring (bicyclic) bond motifs is 3. The van der Waals surface area contributed by atoms with E-state index in [1.165, 1.54) is 102 Å². The zero-order chi connectivity index (χ0) is 50.7. The van der Waals surface area contributed by atoms with Crippen LogP contribution in [-0.2, 0) is 20.9 Å². The number of amides is 1. The predicted molar refractivity (Wildman–Crippen MR) is 312 cm³/mol. The van der Waals surface area contributed by atoms with Crippen LogP contribution >= 0.6 is 47.1 Å². The molecule has 3 aliphatic heterocycles. The molecule has 0 radical (unpaired) electrons. The minimum absolute atomic E-state index is 0.0231. The molecule has 12 heteroatoms. The first-order valence-corrected chi connectivity index (χ1v) is 29.8. The minimum atomic E-state index is -0.334. The third kappa shape index (κ3) is 12.4. The smallest absolute Gasteiger partial charge is 0.325 e. The second-order valence-corrected chi connectivity index (χ2v) is 23.5. The molecule has 1 amide bonds. The van der Waals surface area contributed by atoms with Crippen LogP contribution in [0.2, 0.25) is 0 Å². The molecule has 0 spiro atoms. The highest BCUT2D eigenvalue weighted by Crippen LogP contribution is 2.53. The maximum Gasteiger partial charge on any atom is 0.325 e. The monoisotopic (exact) mass is 1050 g/mol. The summed E-state index contributed by atoms with van der Waals surface area (Å²) in [6.45, 7) is 8.13. The highest BCUT2D eigenvalue weighted by Gasteiger charge is 2.42. The summed E-state index contributed by atoms with van der Waals surface area (Å²) in [7, 11) is 0. The molecule has 1 saturated carbocycles. The Balaban J connectivity index is 1.02. The molecular formula is C61H70N4O4S4. The first kappa shape index (κ1) is 52.7. The molecule has 4 aliphatic rings. The number of hydrogen-bond acceptors (Lipinski definition) is 10. The molecule has 0 N–H and O–H groups in total. The number of thioether (sulfide) groups is 2. The van der Waals surface area contributed by atoms with Gasteiger partial charge in [0.25, 0.3) is 11.5 Å². The van der Waals surface area contributed by atoms with Crippen LogP contribution in [0, 0.1) is 0 Å². The van der Waals surface area contributed by atoms with E-state index in [4.69, 9.17) is 17.0 Å². The van der Waals surface area contributed by atoms with E-state index in [-0.39, 0.29) is 30.6 Å². The molecule has 9 rings (SSSR count). The lowest BCUT2D eigenvalue weighted by Gasteiger charge is -2.27. The number of esters is 1. The van der Waals surface area contributed by atoms with Gasteiger partial charge in [0.1, 0.15) is 25.0 Å². The fraction of sp³-hybridized carbons (Fsp3) is 0.410. The maximum atomic E-state index is 14.8. The second-order valence-electron chi connectivity index (χ2n) is 19.7. The lowest BCUT2D eigenvalue weighted by atomic mass is 9.95. The molecule has 2 saturated heterocycles. The normalized spacial score (nSPS) is 19.3. The van der Waals surface area contributed by atoms with Gasteiger partial charge in [-0.15, -0.1) is 11.3 Å². The Morgan fingerprint density at radius 3 is 2.05 bits per heavy atom. The van der Waals surface area contributed by atoms with Crippen LogP contribution in [0.15, 0.2) is 113 Å². The number of rotatable bonds is 22. The van der Waals surface area contributed by atoms with Crippen LogP contribution in [-0.4, -0.2) is 62.8 Å². The SMILES string of the molecule is CCCCCCCCN1C(=O)/C(=c2\s/c(=C3\S/C(=C\c4ccc5c(c4)C4CCCC4N5c4ccc(C=C(c5ccccc5)c5ccccc5)cc4)CN3CC(=O)OCC)c(=O)n2CCCCCCCC)SC1=S. The third-order valence-corrected chi connectivity index (χ3v) is 18.6. The van der Waals surface area contributed by atoms with Crippen LogP contribution in [0.4, 0.5) is 11.4 Å². The van der Waals surface area contributed by atoms with Gasteiger partial charge in [-0.3, -0.25) is 23.9 Å². The summed E-state index contributed by atoms with van der Waals surface area (Å²) in [4.78, 5) is 50.2. The number of thiocarbonyl (C=S) groups is 1. The molecule has 1 aliphatic carbocycles. The van der Waals surface area contributed by atoms with E-state index in [2.05, 4.69) is 134 Å². The number of anilines is 2. The van der Waals surface area contributed by atoms with Gasteiger partial charge in [-0.1, -0.05) is 199 Å². The van der Waals surface area contributed by atoms with E-state index >= 15 is 0 Å². The molecule has 2 atom stereocenters. The number of nitrogens with zero attached hydrogens (tertiary/aromatic N) is 4. The van der Waals surface area contributed by atoms with Crippen LogP contribution in [0.3, 0.4) is 0 Å². The largest absolute Gasteiger partial charge is 0.465 e. The molecule has 382 valence electrons. The van der Waals surface area contributed by atoms with Gasteiger partial charge in [0.15, 0.2) is 0 Å². The molecule has 73 heavy (non-hydrogen) atoms. The van der Waals surface area contributed by atoms with E-state index in [1.54, 1.807) is 16.7 Å². The van der Waals surface area contributed by atoms with Gasteiger partial charge in [0, 0.05) is 41.3 Å². The molecule has 1 aromatic heterocycles. The van der Waals surface area contributed by atoms with Gasteiger partial charge in [0.05, 0.1) is 18.2 Å². The van der Waals surface area contributed by atoms with Crippen LogP contribution < -0.4 is 19.7 Å². The van der Waals surface area contributed by atoms with Gasteiger partial charge in [0.2, 0.25) is 0 Å². The number of ether oxygens (including phenoxy) is 1. The molecule has 5 aromatic rings. The van der Waals surface area contributed by atoms with Crippen LogP contribution in [0.25, 0.3) is 27.7 Å². The number of carbonyl (C=O) groups is 2.